The van der Waals surface area contributed by atoms with Crippen LogP contribution in [0.5, 0.6) is 0 Å². The maximum absolute atomic E-state index is 12.8. The average molecular weight is 300 g/mol. The minimum Gasteiger partial charge on any atom is -0.351 e. The number of hydrogen-bond acceptors (Lipinski definition) is 2. The molecule has 1 aromatic rings. The Morgan fingerprint density at radius 3 is 2.55 bits per heavy atom. The van der Waals surface area contributed by atoms with Crippen LogP contribution in [0, 0.1) is 0 Å². The third-order valence-corrected chi connectivity index (χ3v) is 4.92. The number of carbonyl (C=O) groups is 2. The SMILES string of the molecule is CN1C(=O)Cc2ccccc2[C@@H]1C(=O)NC1CCCCCC1. The lowest BCUT2D eigenvalue weighted by molar-refractivity contribution is -0.140. The third kappa shape index (κ3) is 3.01. The highest BCUT2D eigenvalue weighted by Crippen LogP contribution is 2.30. The molecule has 0 saturated heterocycles. The molecule has 1 atom stereocenters. The fourth-order valence-corrected chi connectivity index (χ4v) is 3.62. The lowest BCUT2D eigenvalue weighted by Gasteiger charge is -2.34. The predicted molar refractivity (Wildman–Crippen MR) is 85.3 cm³/mol. The maximum Gasteiger partial charge on any atom is 0.247 e. The van der Waals surface area contributed by atoms with E-state index in [9.17, 15) is 9.59 Å². The standard InChI is InChI=1S/C18H24N2O2/c1-20-16(21)12-13-8-6-7-11-15(13)17(20)18(22)19-14-9-4-2-3-5-10-14/h6-8,11,14,17H,2-5,9-10,12H2,1H3,(H,19,22)/t17-/m1/s1. The maximum atomic E-state index is 12.8. The molecule has 1 heterocycles. The van der Waals surface area contributed by atoms with Gasteiger partial charge in [0.2, 0.25) is 11.8 Å². The Morgan fingerprint density at radius 1 is 1.14 bits per heavy atom. The second kappa shape index (κ2) is 6.51. The fourth-order valence-electron chi connectivity index (χ4n) is 3.62. The zero-order valence-electron chi connectivity index (χ0n) is 13.2. The van der Waals surface area contributed by atoms with Crippen LogP contribution in [0.25, 0.3) is 0 Å². The molecule has 4 nitrogen and oxygen atoms in total. The van der Waals surface area contributed by atoms with E-state index in [1.54, 1.807) is 11.9 Å². The van der Waals surface area contributed by atoms with Crippen LogP contribution in [0.3, 0.4) is 0 Å². The first-order valence-corrected chi connectivity index (χ1v) is 8.30. The zero-order chi connectivity index (χ0) is 15.5. The highest BCUT2D eigenvalue weighted by molar-refractivity contribution is 5.92. The molecule has 118 valence electrons. The van der Waals surface area contributed by atoms with Crippen molar-refractivity contribution in [2.45, 2.75) is 57.0 Å². The van der Waals surface area contributed by atoms with Crippen molar-refractivity contribution in [3.8, 4) is 0 Å². The summed E-state index contributed by atoms with van der Waals surface area (Å²) in [4.78, 5) is 26.5. The number of likely N-dealkylation sites (N-methyl/N-ethyl adjacent to an activating group) is 1. The van der Waals surface area contributed by atoms with Crippen LogP contribution in [0.15, 0.2) is 24.3 Å². The minimum absolute atomic E-state index is 0.0136. The molecule has 1 fully saturated rings. The fraction of sp³-hybridized carbons (Fsp3) is 0.556. The van der Waals surface area contributed by atoms with Gasteiger partial charge >= 0.3 is 0 Å². The lowest BCUT2D eigenvalue weighted by Crippen LogP contribution is -2.47. The van der Waals surface area contributed by atoms with Crippen molar-refractivity contribution in [2.24, 2.45) is 0 Å². The smallest absolute Gasteiger partial charge is 0.247 e. The second-order valence-electron chi connectivity index (χ2n) is 6.48. The molecule has 1 aliphatic heterocycles. The highest BCUT2D eigenvalue weighted by Gasteiger charge is 2.35. The van der Waals surface area contributed by atoms with Gasteiger partial charge in [-0.1, -0.05) is 49.9 Å². The molecule has 3 rings (SSSR count). The van der Waals surface area contributed by atoms with Gasteiger partial charge < -0.3 is 10.2 Å². The van der Waals surface area contributed by atoms with Gasteiger partial charge in [-0.3, -0.25) is 9.59 Å². The van der Waals surface area contributed by atoms with Gasteiger partial charge in [-0.2, -0.15) is 0 Å². The van der Waals surface area contributed by atoms with Crippen molar-refractivity contribution >= 4 is 11.8 Å². The summed E-state index contributed by atoms with van der Waals surface area (Å²) in [5, 5.41) is 3.19. The van der Waals surface area contributed by atoms with Crippen molar-refractivity contribution in [3.05, 3.63) is 35.4 Å². The first-order chi connectivity index (χ1) is 10.7. The van der Waals surface area contributed by atoms with Crippen LogP contribution in [0.1, 0.15) is 55.7 Å². The minimum atomic E-state index is -0.485. The molecule has 2 amide bonds. The zero-order valence-corrected chi connectivity index (χ0v) is 13.2. The Balaban J connectivity index is 1.79. The Kier molecular flexibility index (Phi) is 4.46. The Morgan fingerprint density at radius 2 is 1.82 bits per heavy atom. The molecule has 1 aromatic carbocycles. The monoisotopic (exact) mass is 300 g/mol. The number of fused-ring (bicyclic) bond motifs is 1. The number of carbonyl (C=O) groups excluding carboxylic acids is 2. The van der Waals surface area contributed by atoms with E-state index in [4.69, 9.17) is 0 Å². The molecule has 1 saturated carbocycles. The number of nitrogens with zero attached hydrogens (tertiary/aromatic N) is 1. The van der Waals surface area contributed by atoms with Crippen LogP contribution in [0.4, 0.5) is 0 Å². The van der Waals surface area contributed by atoms with Crippen molar-refractivity contribution < 1.29 is 9.59 Å². The van der Waals surface area contributed by atoms with E-state index in [-0.39, 0.29) is 17.9 Å². The molecule has 0 aromatic heterocycles. The lowest BCUT2D eigenvalue weighted by atomic mass is 9.91. The molecule has 4 heteroatoms. The summed E-state index contributed by atoms with van der Waals surface area (Å²) in [6.07, 6.45) is 7.38. The highest BCUT2D eigenvalue weighted by atomic mass is 16.2. The number of nitrogens with one attached hydrogen (secondary N) is 1. The van der Waals surface area contributed by atoms with Gasteiger partial charge in [0.1, 0.15) is 6.04 Å². The van der Waals surface area contributed by atoms with E-state index < -0.39 is 6.04 Å². The number of benzene rings is 1. The molecule has 2 aliphatic rings. The number of rotatable bonds is 2. The first kappa shape index (κ1) is 15.1. The number of hydrogen-bond donors (Lipinski definition) is 1. The Labute approximate surface area is 131 Å². The van der Waals surface area contributed by atoms with Crippen LogP contribution in [-0.4, -0.2) is 29.8 Å². The van der Waals surface area contributed by atoms with Crippen LogP contribution in [0.2, 0.25) is 0 Å². The van der Waals surface area contributed by atoms with Gasteiger partial charge in [-0.15, -0.1) is 0 Å². The predicted octanol–water partition coefficient (Wildman–Crippen LogP) is 2.58. The molecular weight excluding hydrogens is 276 g/mol. The Bertz CT molecular complexity index is 562. The van der Waals surface area contributed by atoms with E-state index in [1.807, 2.05) is 24.3 Å². The molecular formula is C18H24N2O2. The van der Waals surface area contributed by atoms with Crippen molar-refractivity contribution in [2.75, 3.05) is 7.05 Å². The normalized spacial score (nSPS) is 22.9. The van der Waals surface area contributed by atoms with Crippen LogP contribution in [-0.2, 0) is 16.0 Å². The second-order valence-corrected chi connectivity index (χ2v) is 6.48. The summed E-state index contributed by atoms with van der Waals surface area (Å²) in [6, 6.07) is 7.56. The summed E-state index contributed by atoms with van der Waals surface area (Å²) in [7, 11) is 1.73. The largest absolute Gasteiger partial charge is 0.351 e. The van der Waals surface area contributed by atoms with Crippen LogP contribution < -0.4 is 5.32 Å². The molecule has 1 N–H and O–H groups in total. The molecule has 0 bridgehead atoms. The van der Waals surface area contributed by atoms with Crippen molar-refractivity contribution in [1.82, 2.24) is 10.2 Å². The van der Waals surface area contributed by atoms with Crippen molar-refractivity contribution in [1.29, 1.82) is 0 Å². The topological polar surface area (TPSA) is 49.4 Å². The van der Waals surface area contributed by atoms with Gasteiger partial charge in [-0.25, -0.2) is 0 Å². The van der Waals surface area contributed by atoms with Gasteiger partial charge in [0.05, 0.1) is 6.42 Å². The van der Waals surface area contributed by atoms with E-state index in [0.717, 1.165) is 24.0 Å². The summed E-state index contributed by atoms with van der Waals surface area (Å²) < 4.78 is 0. The first-order valence-electron chi connectivity index (χ1n) is 8.30. The molecule has 0 spiro atoms. The van der Waals surface area contributed by atoms with E-state index >= 15 is 0 Å². The van der Waals surface area contributed by atoms with Crippen LogP contribution >= 0.6 is 0 Å². The van der Waals surface area contributed by atoms with E-state index in [2.05, 4.69) is 5.32 Å². The Hall–Kier alpha value is -1.84. The summed E-state index contributed by atoms with van der Waals surface area (Å²) in [5.74, 6) is -0.0189. The summed E-state index contributed by atoms with van der Waals surface area (Å²) in [5.41, 5.74) is 1.95. The quantitative estimate of drug-likeness (QED) is 0.853. The summed E-state index contributed by atoms with van der Waals surface area (Å²) in [6.45, 7) is 0. The number of amides is 2. The van der Waals surface area contributed by atoms with Gasteiger partial charge in [-0.05, 0) is 24.0 Å². The van der Waals surface area contributed by atoms with E-state index in [0.29, 0.717) is 6.42 Å². The van der Waals surface area contributed by atoms with E-state index in [1.165, 1.54) is 25.7 Å². The molecule has 0 unspecified atom stereocenters. The van der Waals surface area contributed by atoms with Crippen molar-refractivity contribution in [3.63, 3.8) is 0 Å². The molecule has 0 radical (unpaired) electrons. The van der Waals surface area contributed by atoms with Gasteiger partial charge in [0, 0.05) is 13.1 Å². The average Bonchev–Trinajstić information content (AvgIpc) is 2.77. The summed E-state index contributed by atoms with van der Waals surface area (Å²) >= 11 is 0. The molecule has 1 aliphatic carbocycles. The van der Waals surface area contributed by atoms with Gasteiger partial charge in [0.25, 0.3) is 0 Å². The molecule has 22 heavy (non-hydrogen) atoms. The third-order valence-electron chi connectivity index (χ3n) is 4.92. The van der Waals surface area contributed by atoms with Gasteiger partial charge in [0.15, 0.2) is 0 Å².